The summed E-state index contributed by atoms with van der Waals surface area (Å²) in [4.78, 5) is 0.0338. The lowest BCUT2D eigenvalue weighted by molar-refractivity contribution is 0.466. The van der Waals surface area contributed by atoms with Crippen LogP contribution in [0.3, 0.4) is 0 Å². The monoisotopic (exact) mass is 347 g/mol. The topological polar surface area (TPSA) is 37.4 Å². The summed E-state index contributed by atoms with van der Waals surface area (Å²) in [6.45, 7) is 0.136. The van der Waals surface area contributed by atoms with Gasteiger partial charge in [0.2, 0.25) is 10.0 Å². The lowest BCUT2D eigenvalue weighted by Gasteiger charge is -2.17. The zero-order valence-electron chi connectivity index (χ0n) is 11.1. The minimum Gasteiger partial charge on any atom is -0.207 e. The highest BCUT2D eigenvalue weighted by Gasteiger charge is 2.21. The highest BCUT2D eigenvalue weighted by Crippen LogP contribution is 2.24. The zero-order valence-corrected chi connectivity index (χ0v) is 13.4. The average Bonchev–Trinajstić information content (AvgIpc) is 2.43. The van der Waals surface area contributed by atoms with E-state index in [1.807, 2.05) is 0 Å². The Morgan fingerprint density at radius 3 is 2.24 bits per heavy atom. The Labute approximate surface area is 133 Å². The molecule has 0 spiro atoms. The third-order valence-corrected chi connectivity index (χ3v) is 5.47. The van der Waals surface area contributed by atoms with Crippen molar-refractivity contribution in [3.8, 4) is 0 Å². The summed E-state index contributed by atoms with van der Waals surface area (Å²) in [5, 5.41) is 0.770. The van der Waals surface area contributed by atoms with Crippen molar-refractivity contribution in [3.63, 3.8) is 0 Å². The van der Waals surface area contributed by atoms with Crippen LogP contribution in [0.1, 0.15) is 5.56 Å². The molecule has 0 unspecified atom stereocenters. The first-order valence-corrected chi connectivity index (χ1v) is 8.16. The van der Waals surface area contributed by atoms with Gasteiger partial charge in [-0.3, -0.25) is 0 Å². The molecule has 0 aliphatic carbocycles. The van der Waals surface area contributed by atoms with Crippen LogP contribution >= 0.6 is 23.2 Å². The van der Waals surface area contributed by atoms with Crippen LogP contribution in [0.5, 0.6) is 0 Å². The van der Waals surface area contributed by atoms with Crippen molar-refractivity contribution in [2.24, 2.45) is 0 Å². The van der Waals surface area contributed by atoms with Crippen molar-refractivity contribution >= 4 is 33.2 Å². The van der Waals surface area contributed by atoms with E-state index in [0.717, 1.165) is 12.1 Å². The van der Waals surface area contributed by atoms with Gasteiger partial charge in [-0.25, -0.2) is 12.8 Å². The summed E-state index contributed by atoms with van der Waals surface area (Å²) in [6.07, 6.45) is 0. The first kappa shape index (κ1) is 16.2. The Bertz CT molecular complexity index is 748. The third kappa shape index (κ3) is 3.74. The summed E-state index contributed by atoms with van der Waals surface area (Å²) in [6, 6.07) is 9.61. The molecular weight excluding hydrogens is 336 g/mol. The quantitative estimate of drug-likeness (QED) is 0.839. The molecule has 0 aliphatic rings. The van der Waals surface area contributed by atoms with Crippen molar-refractivity contribution in [2.75, 3.05) is 7.05 Å². The number of benzene rings is 2. The van der Waals surface area contributed by atoms with E-state index in [1.54, 1.807) is 18.2 Å². The number of nitrogens with zero attached hydrogens (tertiary/aromatic N) is 1. The lowest BCUT2D eigenvalue weighted by Crippen LogP contribution is -2.26. The molecule has 0 atom stereocenters. The number of sulfonamides is 1. The van der Waals surface area contributed by atoms with Gasteiger partial charge in [0, 0.05) is 13.6 Å². The summed E-state index contributed by atoms with van der Waals surface area (Å²) < 4.78 is 38.7. The lowest BCUT2D eigenvalue weighted by atomic mass is 10.2. The van der Waals surface area contributed by atoms with Crippen molar-refractivity contribution in [3.05, 3.63) is 63.9 Å². The maximum atomic E-state index is 12.9. The SMILES string of the molecule is CN(Cc1ccc(Cl)c(Cl)c1)S(=O)(=O)c1ccc(F)cc1. The Hall–Kier alpha value is -1.14. The van der Waals surface area contributed by atoms with E-state index in [-0.39, 0.29) is 11.4 Å². The maximum absolute atomic E-state index is 12.9. The molecule has 0 radical (unpaired) electrons. The molecule has 0 saturated carbocycles. The van der Waals surface area contributed by atoms with Gasteiger partial charge in [0.1, 0.15) is 5.82 Å². The van der Waals surface area contributed by atoms with Crippen LogP contribution < -0.4 is 0 Å². The second-order valence-electron chi connectivity index (χ2n) is 4.46. The van der Waals surface area contributed by atoms with Crippen LogP contribution in [-0.2, 0) is 16.6 Å². The zero-order chi connectivity index (χ0) is 15.6. The van der Waals surface area contributed by atoms with Gasteiger partial charge in [-0.2, -0.15) is 4.31 Å². The van der Waals surface area contributed by atoms with Crippen LogP contribution in [-0.4, -0.2) is 19.8 Å². The summed E-state index contributed by atoms with van der Waals surface area (Å²) in [5.74, 6) is -0.485. The molecule has 0 heterocycles. The van der Waals surface area contributed by atoms with Crippen molar-refractivity contribution in [1.29, 1.82) is 0 Å². The van der Waals surface area contributed by atoms with Crippen LogP contribution in [0.25, 0.3) is 0 Å². The molecule has 7 heteroatoms. The molecule has 0 saturated heterocycles. The van der Waals surface area contributed by atoms with Crippen LogP contribution in [0, 0.1) is 5.82 Å². The van der Waals surface area contributed by atoms with Gasteiger partial charge in [0.25, 0.3) is 0 Å². The molecule has 2 rings (SSSR count). The molecule has 2 aromatic carbocycles. The summed E-state index contributed by atoms with van der Waals surface area (Å²) in [5.41, 5.74) is 0.706. The first-order valence-electron chi connectivity index (χ1n) is 5.96. The molecule has 2 aromatic rings. The third-order valence-electron chi connectivity index (χ3n) is 2.91. The first-order chi connectivity index (χ1) is 9.80. The molecule has 3 nitrogen and oxygen atoms in total. The van der Waals surface area contributed by atoms with Crippen LogP contribution in [0.4, 0.5) is 4.39 Å². The van der Waals surface area contributed by atoms with Gasteiger partial charge in [-0.15, -0.1) is 0 Å². The maximum Gasteiger partial charge on any atom is 0.243 e. The van der Waals surface area contributed by atoms with E-state index < -0.39 is 15.8 Å². The largest absolute Gasteiger partial charge is 0.243 e. The standard InChI is InChI=1S/C14H12Cl2FNO2S/c1-18(9-10-2-7-13(15)14(16)8-10)21(19,20)12-5-3-11(17)4-6-12/h2-8H,9H2,1H3. The molecule has 0 aromatic heterocycles. The normalized spacial score (nSPS) is 11.9. The Morgan fingerprint density at radius 1 is 1.05 bits per heavy atom. The van der Waals surface area contributed by atoms with Crippen molar-refractivity contribution in [1.82, 2.24) is 4.31 Å². The van der Waals surface area contributed by atoms with Crippen LogP contribution in [0.15, 0.2) is 47.4 Å². The van der Waals surface area contributed by atoms with Gasteiger partial charge in [0.15, 0.2) is 0 Å². The minimum atomic E-state index is -3.69. The van der Waals surface area contributed by atoms with E-state index in [4.69, 9.17) is 23.2 Å². The molecule has 0 amide bonds. The minimum absolute atomic E-state index is 0.0338. The fourth-order valence-corrected chi connectivity index (χ4v) is 3.25. The highest BCUT2D eigenvalue weighted by atomic mass is 35.5. The predicted octanol–water partition coefficient (Wildman–Crippen LogP) is 3.95. The number of hydrogen-bond donors (Lipinski definition) is 0. The van der Waals surface area contributed by atoms with Crippen molar-refractivity contribution < 1.29 is 12.8 Å². The summed E-state index contributed by atoms with van der Waals surface area (Å²) >= 11 is 11.7. The second-order valence-corrected chi connectivity index (χ2v) is 7.32. The van der Waals surface area contributed by atoms with Crippen molar-refractivity contribution in [2.45, 2.75) is 11.4 Å². The molecule has 0 bridgehead atoms. The van der Waals surface area contributed by atoms with E-state index in [2.05, 4.69) is 0 Å². The van der Waals surface area contributed by atoms with E-state index in [9.17, 15) is 12.8 Å². The van der Waals surface area contributed by atoms with Gasteiger partial charge >= 0.3 is 0 Å². The van der Waals surface area contributed by atoms with Gasteiger partial charge in [-0.1, -0.05) is 29.3 Å². The van der Waals surface area contributed by atoms with E-state index in [0.29, 0.717) is 15.6 Å². The average molecular weight is 348 g/mol. The molecule has 0 N–H and O–H groups in total. The van der Waals surface area contributed by atoms with Gasteiger partial charge < -0.3 is 0 Å². The molecule has 112 valence electrons. The number of hydrogen-bond acceptors (Lipinski definition) is 2. The highest BCUT2D eigenvalue weighted by molar-refractivity contribution is 7.89. The van der Waals surface area contributed by atoms with Crippen LogP contribution in [0.2, 0.25) is 10.0 Å². The number of rotatable bonds is 4. The predicted molar refractivity (Wildman–Crippen MR) is 81.5 cm³/mol. The van der Waals surface area contributed by atoms with Gasteiger partial charge in [0.05, 0.1) is 14.9 Å². The fourth-order valence-electron chi connectivity index (χ4n) is 1.77. The summed E-state index contributed by atoms with van der Waals surface area (Å²) in [7, 11) is -2.24. The smallest absolute Gasteiger partial charge is 0.207 e. The van der Waals surface area contributed by atoms with E-state index in [1.165, 1.54) is 23.5 Å². The molecule has 0 aliphatic heterocycles. The Balaban J connectivity index is 2.24. The molecular formula is C14H12Cl2FNO2S. The fraction of sp³-hybridized carbons (Fsp3) is 0.143. The Kier molecular flexibility index (Phi) is 4.88. The van der Waals surface area contributed by atoms with E-state index >= 15 is 0 Å². The number of halogens is 3. The molecule has 21 heavy (non-hydrogen) atoms. The second kappa shape index (κ2) is 6.32. The molecule has 0 fully saturated rings. The Morgan fingerprint density at radius 2 is 1.67 bits per heavy atom. The van der Waals surface area contributed by atoms with Gasteiger partial charge in [-0.05, 0) is 42.0 Å².